The summed E-state index contributed by atoms with van der Waals surface area (Å²) in [5, 5.41) is 6.94. The van der Waals surface area contributed by atoms with Gasteiger partial charge in [-0.2, -0.15) is 5.10 Å². The van der Waals surface area contributed by atoms with Crippen molar-refractivity contribution in [2.24, 2.45) is 7.05 Å². The molecular weight excluding hydrogens is 570 g/mol. The Balaban J connectivity index is 0.00000316. The number of halogens is 2. The third kappa shape index (κ3) is 9.77. The number of anilines is 1. The Morgan fingerprint density at radius 1 is 1.26 bits per heavy atom. The molecule has 3 rings (SSSR count). The first kappa shape index (κ1) is 35.7. The van der Waals surface area contributed by atoms with Crippen molar-refractivity contribution in [1.82, 2.24) is 24.9 Å². The fraction of sp³-hybridized carbons (Fsp3) is 0.500. The van der Waals surface area contributed by atoms with Crippen LogP contribution in [-0.2, 0) is 22.6 Å². The zero-order valence-corrected chi connectivity index (χ0v) is 27.7. The van der Waals surface area contributed by atoms with Crippen molar-refractivity contribution in [3.05, 3.63) is 83.7 Å². The van der Waals surface area contributed by atoms with Crippen LogP contribution < -0.4 is 10.2 Å². The molecule has 1 aromatic rings. The summed E-state index contributed by atoms with van der Waals surface area (Å²) < 4.78 is 42.7. The summed E-state index contributed by atoms with van der Waals surface area (Å²) in [6.45, 7) is 16.5. The number of likely N-dealkylation sites (N-methyl/N-ethyl adjacent to an activating group) is 1. The van der Waals surface area contributed by atoms with Crippen LogP contribution >= 0.6 is 0 Å². The SMILES string of the molecule is C=C(/C=C(F)\C=C(/CC)C(=O)N(C)/C(=C\C)N1CCN(c2cnn(C)c2)CC1)[C@@H](C)NC1=CC=C(F)CC1S(C)=O.CC. The van der Waals surface area contributed by atoms with Gasteiger partial charge >= 0.3 is 0 Å². The normalized spacial score (nSPS) is 19.5. The number of allylic oxidation sites excluding steroid dienone is 6. The molecule has 238 valence electrons. The van der Waals surface area contributed by atoms with Crippen molar-refractivity contribution >= 4 is 22.4 Å². The van der Waals surface area contributed by atoms with Gasteiger partial charge in [0.15, 0.2) is 0 Å². The molecular formula is C32H48F2N6O2S. The average molecular weight is 619 g/mol. The zero-order chi connectivity index (χ0) is 32.3. The van der Waals surface area contributed by atoms with Crippen molar-refractivity contribution < 1.29 is 17.8 Å². The van der Waals surface area contributed by atoms with E-state index < -0.39 is 27.9 Å². The van der Waals surface area contributed by atoms with Gasteiger partial charge in [-0.25, -0.2) is 8.78 Å². The second-order valence-corrected chi connectivity index (χ2v) is 11.8. The van der Waals surface area contributed by atoms with Crippen molar-refractivity contribution in [3.63, 3.8) is 0 Å². The lowest BCUT2D eigenvalue weighted by atomic mass is 10.1. The molecule has 2 unspecified atom stereocenters. The van der Waals surface area contributed by atoms with Gasteiger partial charge in [0.25, 0.3) is 5.91 Å². The summed E-state index contributed by atoms with van der Waals surface area (Å²) in [4.78, 5) is 19.4. The lowest BCUT2D eigenvalue weighted by molar-refractivity contribution is -0.125. The summed E-state index contributed by atoms with van der Waals surface area (Å²) in [6, 6.07) is -0.399. The van der Waals surface area contributed by atoms with Crippen LogP contribution in [0.1, 0.15) is 47.5 Å². The number of nitrogens with one attached hydrogen (secondary N) is 1. The minimum atomic E-state index is -1.28. The monoisotopic (exact) mass is 618 g/mol. The molecule has 1 aromatic heterocycles. The van der Waals surface area contributed by atoms with Gasteiger partial charge in [-0.05, 0) is 56.2 Å². The van der Waals surface area contributed by atoms with Crippen LogP contribution in [0.15, 0.2) is 83.7 Å². The third-order valence-electron chi connectivity index (χ3n) is 7.37. The number of hydrogen-bond donors (Lipinski definition) is 1. The van der Waals surface area contributed by atoms with E-state index in [0.29, 0.717) is 23.3 Å². The highest BCUT2D eigenvalue weighted by atomic mass is 32.2. The fourth-order valence-electron chi connectivity index (χ4n) is 4.92. The maximum Gasteiger partial charge on any atom is 0.255 e. The van der Waals surface area contributed by atoms with E-state index in [1.165, 1.54) is 24.5 Å². The first-order chi connectivity index (χ1) is 20.4. The van der Waals surface area contributed by atoms with E-state index in [-0.39, 0.29) is 18.2 Å². The molecule has 2 aliphatic rings. The van der Waals surface area contributed by atoms with Crippen LogP contribution in [0.4, 0.5) is 14.5 Å². The van der Waals surface area contributed by atoms with Crippen molar-refractivity contribution in [2.45, 2.75) is 58.8 Å². The number of carbonyl (C=O) groups excluding carboxylic acids is 1. The van der Waals surface area contributed by atoms with Crippen LogP contribution in [0.5, 0.6) is 0 Å². The first-order valence-electron chi connectivity index (χ1n) is 14.8. The van der Waals surface area contributed by atoms with Crippen molar-refractivity contribution in [3.8, 4) is 0 Å². The minimum Gasteiger partial charge on any atom is -0.381 e. The molecule has 0 saturated carbocycles. The number of piperazine rings is 1. The highest BCUT2D eigenvalue weighted by Crippen LogP contribution is 2.24. The molecule has 1 amide bonds. The Kier molecular flexibility index (Phi) is 14.1. The number of carbonyl (C=O) groups is 1. The number of rotatable bonds is 11. The van der Waals surface area contributed by atoms with Gasteiger partial charge < -0.3 is 15.1 Å². The molecule has 1 aliphatic carbocycles. The topological polar surface area (TPSA) is 73.7 Å². The maximum absolute atomic E-state index is 15.1. The van der Waals surface area contributed by atoms with Crippen molar-refractivity contribution in [2.75, 3.05) is 44.4 Å². The van der Waals surface area contributed by atoms with Gasteiger partial charge in [-0.15, -0.1) is 0 Å². The maximum atomic E-state index is 15.1. The molecule has 11 heteroatoms. The molecule has 8 nitrogen and oxygen atoms in total. The third-order valence-corrected chi connectivity index (χ3v) is 8.59. The summed E-state index contributed by atoms with van der Waals surface area (Å²) >= 11 is 0. The van der Waals surface area contributed by atoms with Gasteiger partial charge in [0.1, 0.15) is 17.5 Å². The van der Waals surface area contributed by atoms with Crippen LogP contribution in [0.3, 0.4) is 0 Å². The predicted molar refractivity (Wildman–Crippen MR) is 174 cm³/mol. The lowest BCUT2D eigenvalue weighted by Gasteiger charge is -2.40. The molecule has 0 spiro atoms. The van der Waals surface area contributed by atoms with E-state index in [4.69, 9.17) is 0 Å². The lowest BCUT2D eigenvalue weighted by Crippen LogP contribution is -2.49. The second kappa shape index (κ2) is 17.0. The number of hydrogen-bond acceptors (Lipinski definition) is 6. The summed E-state index contributed by atoms with van der Waals surface area (Å²) in [5.41, 5.74) is 2.47. The summed E-state index contributed by atoms with van der Waals surface area (Å²) in [5.74, 6) is -0.410. The Morgan fingerprint density at radius 2 is 1.91 bits per heavy atom. The standard InChI is InChI=1S/C30H42F2N6O2S.C2H6/c1-8-23(17-25(32)16-21(3)22(4)34-27-11-10-24(31)18-28(27)41(7)40)30(39)36(6)29(9-2)38-14-12-37(13-15-38)26-19-33-35(5)20-26;1-2/h9-11,16-17,19-20,22,28,34H,3,8,12-15,18H2,1-2,4-7H3;1-2H3/b23-17+,25-16+,29-9+;/t22-,28?,41?;/m1./s1. The molecule has 1 saturated heterocycles. The molecule has 1 fully saturated rings. The Labute approximate surface area is 258 Å². The number of amides is 1. The molecule has 1 aliphatic heterocycles. The molecule has 3 atom stereocenters. The number of aromatic nitrogens is 2. The van der Waals surface area contributed by atoms with Gasteiger partial charge in [0.05, 0.1) is 17.1 Å². The predicted octanol–water partition coefficient (Wildman–Crippen LogP) is 5.50. The number of nitrogens with zero attached hydrogens (tertiary/aromatic N) is 5. The largest absolute Gasteiger partial charge is 0.381 e. The molecule has 0 radical (unpaired) electrons. The molecule has 43 heavy (non-hydrogen) atoms. The molecule has 0 bridgehead atoms. The average Bonchev–Trinajstić information content (AvgIpc) is 3.44. The minimum absolute atomic E-state index is 0.0535. The Hall–Kier alpha value is -3.47. The van der Waals surface area contributed by atoms with E-state index in [9.17, 15) is 13.4 Å². The molecule has 0 aromatic carbocycles. The van der Waals surface area contributed by atoms with Gasteiger partial charge in [0.2, 0.25) is 0 Å². The fourth-order valence-corrected chi connectivity index (χ4v) is 5.82. The van der Waals surface area contributed by atoms with E-state index in [2.05, 4.69) is 26.8 Å². The molecule has 2 heterocycles. The smallest absolute Gasteiger partial charge is 0.255 e. The van der Waals surface area contributed by atoms with Crippen molar-refractivity contribution in [1.29, 1.82) is 0 Å². The van der Waals surface area contributed by atoms with Gasteiger partial charge in [0, 0.05) is 87.3 Å². The van der Waals surface area contributed by atoms with E-state index in [1.807, 2.05) is 53.2 Å². The van der Waals surface area contributed by atoms with Gasteiger partial charge in [-0.3, -0.25) is 18.6 Å². The van der Waals surface area contributed by atoms with Crippen LogP contribution in [0, 0.1) is 0 Å². The first-order valence-corrected chi connectivity index (χ1v) is 16.4. The van der Waals surface area contributed by atoms with E-state index in [1.54, 1.807) is 29.6 Å². The van der Waals surface area contributed by atoms with E-state index >= 15 is 4.39 Å². The Bertz CT molecular complexity index is 1300. The summed E-state index contributed by atoms with van der Waals surface area (Å²) in [7, 11) is 2.33. The number of aryl methyl sites for hydroxylation is 1. The van der Waals surface area contributed by atoms with Crippen LogP contribution in [0.2, 0.25) is 0 Å². The van der Waals surface area contributed by atoms with E-state index in [0.717, 1.165) is 37.7 Å². The highest BCUT2D eigenvalue weighted by molar-refractivity contribution is 7.85. The Morgan fingerprint density at radius 3 is 2.44 bits per heavy atom. The quantitative estimate of drug-likeness (QED) is 0.261. The summed E-state index contributed by atoms with van der Waals surface area (Å²) in [6.07, 6.45) is 13.1. The zero-order valence-electron chi connectivity index (χ0n) is 26.9. The van der Waals surface area contributed by atoms with Crippen LogP contribution in [0.25, 0.3) is 0 Å². The van der Waals surface area contributed by atoms with Gasteiger partial charge in [-0.1, -0.05) is 27.4 Å². The molecule has 1 N–H and O–H groups in total. The van der Waals surface area contributed by atoms with Crippen LogP contribution in [-0.4, -0.2) is 80.5 Å². The second-order valence-electron chi connectivity index (χ2n) is 10.3. The highest BCUT2D eigenvalue weighted by Gasteiger charge is 2.26.